The van der Waals surface area contributed by atoms with Gasteiger partial charge in [-0.3, -0.25) is 14.7 Å². The van der Waals surface area contributed by atoms with E-state index >= 15 is 0 Å². The zero-order valence-corrected chi connectivity index (χ0v) is 29.6. The van der Waals surface area contributed by atoms with Crippen LogP contribution in [-0.2, 0) is 19.7 Å². The van der Waals surface area contributed by atoms with E-state index in [0.29, 0.717) is 45.3 Å². The first kappa shape index (κ1) is 36.3. The highest BCUT2D eigenvalue weighted by molar-refractivity contribution is 6.34. The quantitative estimate of drug-likeness (QED) is 0.0917. The molecule has 1 unspecified atom stereocenters. The Morgan fingerprint density at radius 3 is 2.28 bits per heavy atom. The van der Waals surface area contributed by atoms with E-state index in [1.807, 2.05) is 0 Å². The number of nitrogens with one attached hydrogen (secondary N) is 2. The Kier molecular flexibility index (Phi) is 14.3. The molecule has 1 atom stereocenters. The fourth-order valence-corrected chi connectivity index (χ4v) is 7.26. The number of rotatable bonds is 20. The lowest BCUT2D eigenvalue weighted by Gasteiger charge is -2.21. The lowest BCUT2D eigenvalue weighted by atomic mass is 9.85. The number of aromatic amines is 1. The molecule has 1 saturated carbocycles. The fraction of sp³-hybridized carbons (Fsp3) is 0.667. The van der Waals surface area contributed by atoms with Gasteiger partial charge in [0.2, 0.25) is 5.91 Å². The van der Waals surface area contributed by atoms with Gasteiger partial charge in [-0.1, -0.05) is 121 Å². The fourth-order valence-electron chi connectivity index (χ4n) is 6.60. The number of hydrogen-bond acceptors (Lipinski definition) is 5. The molecule has 0 bridgehead atoms. The summed E-state index contributed by atoms with van der Waals surface area (Å²) in [6.07, 6.45) is 19.3. The second-order valence-electron chi connectivity index (χ2n) is 13.4. The highest BCUT2D eigenvalue weighted by Gasteiger charge is 2.35. The number of H-pyrrole nitrogens is 1. The Labute approximate surface area is 284 Å². The van der Waals surface area contributed by atoms with E-state index in [-0.39, 0.29) is 30.1 Å². The van der Waals surface area contributed by atoms with Gasteiger partial charge in [-0.25, -0.2) is 4.98 Å². The number of halogens is 2. The van der Waals surface area contributed by atoms with E-state index in [1.54, 1.807) is 22.8 Å². The van der Waals surface area contributed by atoms with Crippen LogP contribution in [0, 0.1) is 5.92 Å². The van der Waals surface area contributed by atoms with Crippen molar-refractivity contribution in [3.63, 3.8) is 0 Å². The molecule has 254 valence electrons. The number of carbonyl (C=O) groups is 2. The van der Waals surface area contributed by atoms with Crippen LogP contribution in [0.1, 0.15) is 142 Å². The van der Waals surface area contributed by atoms with Crippen LogP contribution in [0.2, 0.25) is 10.0 Å². The number of anilines is 1. The number of fused-ring (bicyclic) bond motifs is 1. The first-order valence-electron chi connectivity index (χ1n) is 17.6. The molecule has 0 radical (unpaired) electrons. The molecule has 0 spiro atoms. The molecule has 1 aliphatic rings. The van der Waals surface area contributed by atoms with Gasteiger partial charge in [0.25, 0.3) is 0 Å². The number of benzene rings is 1. The van der Waals surface area contributed by atoms with Crippen molar-refractivity contribution in [2.75, 3.05) is 11.9 Å². The minimum absolute atomic E-state index is 0.0113. The van der Waals surface area contributed by atoms with Gasteiger partial charge in [0.05, 0.1) is 23.7 Å². The third-order valence-electron chi connectivity index (χ3n) is 9.51. The zero-order chi connectivity index (χ0) is 32.9. The number of carbonyl (C=O) groups excluding carboxylic acids is 2. The third kappa shape index (κ3) is 10.2. The summed E-state index contributed by atoms with van der Waals surface area (Å²) in [4.78, 5) is 29.8. The smallest absolute Gasteiger partial charge is 0.306 e. The molecule has 2 N–H and O–H groups in total. The maximum atomic E-state index is 12.7. The SMILES string of the molecule is CCCCCCCCC(CCCCCC)COC(=O)CCC(=O)Nc1ccc(-c2nc3c(Cl)c(C4(C)CCCC4)[nH]n3n2)c(Cl)c1. The predicted molar refractivity (Wildman–Crippen MR) is 188 cm³/mol. The molecule has 0 aliphatic heterocycles. The van der Waals surface area contributed by atoms with Crippen LogP contribution in [-0.4, -0.2) is 38.3 Å². The van der Waals surface area contributed by atoms with Crippen molar-refractivity contribution in [1.29, 1.82) is 0 Å². The second-order valence-corrected chi connectivity index (χ2v) is 14.2. The summed E-state index contributed by atoms with van der Waals surface area (Å²) < 4.78 is 7.26. The Morgan fingerprint density at radius 1 is 0.978 bits per heavy atom. The number of amides is 1. The number of nitrogens with zero attached hydrogens (tertiary/aromatic N) is 3. The molecule has 10 heteroatoms. The molecule has 2 aromatic heterocycles. The van der Waals surface area contributed by atoms with Crippen LogP contribution in [0.5, 0.6) is 0 Å². The van der Waals surface area contributed by atoms with Crippen LogP contribution in [0.15, 0.2) is 18.2 Å². The Bertz CT molecular complexity index is 1410. The van der Waals surface area contributed by atoms with Gasteiger partial charge >= 0.3 is 5.97 Å². The third-order valence-corrected chi connectivity index (χ3v) is 10.2. The molecule has 46 heavy (non-hydrogen) atoms. The van der Waals surface area contributed by atoms with Crippen LogP contribution in [0.3, 0.4) is 0 Å². The van der Waals surface area contributed by atoms with Gasteiger partial charge in [-0.15, -0.1) is 5.10 Å². The van der Waals surface area contributed by atoms with Crippen molar-refractivity contribution in [2.24, 2.45) is 5.92 Å². The highest BCUT2D eigenvalue weighted by Crippen LogP contribution is 2.43. The molecule has 8 nitrogen and oxygen atoms in total. The van der Waals surface area contributed by atoms with E-state index in [4.69, 9.17) is 27.9 Å². The van der Waals surface area contributed by atoms with Gasteiger partial charge in [0.1, 0.15) is 5.02 Å². The van der Waals surface area contributed by atoms with E-state index in [9.17, 15) is 9.59 Å². The molecule has 3 aromatic rings. The van der Waals surface area contributed by atoms with Gasteiger partial charge in [-0.2, -0.15) is 4.63 Å². The minimum Gasteiger partial charge on any atom is -0.465 e. The second kappa shape index (κ2) is 18.1. The van der Waals surface area contributed by atoms with Crippen molar-refractivity contribution in [3.8, 4) is 11.4 Å². The van der Waals surface area contributed by atoms with Gasteiger partial charge in [0, 0.05) is 23.1 Å². The standard InChI is InChI=1S/C36H53Cl2N5O3/c1-4-6-8-10-11-13-17-26(16-12-9-7-5-2)25-46-31(45)21-20-30(44)39-27-18-19-28(29(37)24-27)34-40-35-32(38)33(41-43(35)42-34)36(3)22-14-15-23-36/h18-19,24,26,41H,4-17,20-23,25H2,1-3H3,(H,39,44). The molecule has 0 saturated heterocycles. The lowest BCUT2D eigenvalue weighted by molar-refractivity contribution is -0.146. The molecule has 2 heterocycles. The average molecular weight is 675 g/mol. The van der Waals surface area contributed by atoms with E-state index in [1.165, 1.54) is 77.0 Å². The van der Waals surface area contributed by atoms with Crippen LogP contribution < -0.4 is 5.32 Å². The van der Waals surface area contributed by atoms with Crippen molar-refractivity contribution < 1.29 is 14.3 Å². The topological polar surface area (TPSA) is 101 Å². The molecule has 1 fully saturated rings. The van der Waals surface area contributed by atoms with Crippen LogP contribution >= 0.6 is 23.2 Å². The maximum absolute atomic E-state index is 12.7. The van der Waals surface area contributed by atoms with Gasteiger partial charge in [0.15, 0.2) is 11.5 Å². The Hall–Kier alpha value is -2.58. The summed E-state index contributed by atoms with van der Waals surface area (Å²) in [6.45, 7) is 7.13. The number of esters is 1. The zero-order valence-electron chi connectivity index (χ0n) is 28.1. The van der Waals surface area contributed by atoms with E-state index in [2.05, 4.69) is 41.3 Å². The first-order valence-corrected chi connectivity index (χ1v) is 18.4. The normalized spacial score (nSPS) is 15.0. The van der Waals surface area contributed by atoms with Crippen LogP contribution in [0.4, 0.5) is 5.69 Å². The maximum Gasteiger partial charge on any atom is 0.306 e. The van der Waals surface area contributed by atoms with E-state index in [0.717, 1.165) is 31.4 Å². The molecule has 1 aromatic carbocycles. The molecule has 4 rings (SSSR count). The lowest BCUT2D eigenvalue weighted by Crippen LogP contribution is -2.18. The van der Waals surface area contributed by atoms with Crippen molar-refractivity contribution in [3.05, 3.63) is 33.9 Å². The molecule has 1 amide bonds. The first-order chi connectivity index (χ1) is 22.2. The molecule has 1 aliphatic carbocycles. The molecular weight excluding hydrogens is 621 g/mol. The van der Waals surface area contributed by atoms with Gasteiger partial charge in [-0.05, 0) is 49.8 Å². The van der Waals surface area contributed by atoms with Crippen molar-refractivity contribution >= 4 is 46.4 Å². The summed E-state index contributed by atoms with van der Waals surface area (Å²) in [5.41, 5.74) is 2.74. The predicted octanol–water partition coefficient (Wildman–Crippen LogP) is 10.5. The molecular formula is C36H53Cl2N5O3. The summed E-state index contributed by atoms with van der Waals surface area (Å²) in [6, 6.07) is 5.20. The summed E-state index contributed by atoms with van der Waals surface area (Å²) >= 11 is 13.3. The Morgan fingerprint density at radius 2 is 1.63 bits per heavy atom. The number of ether oxygens (including phenoxy) is 1. The monoisotopic (exact) mass is 673 g/mol. The largest absolute Gasteiger partial charge is 0.465 e. The average Bonchev–Trinajstić information content (AvgIpc) is 3.74. The van der Waals surface area contributed by atoms with Crippen molar-refractivity contribution in [1.82, 2.24) is 19.8 Å². The number of hydrogen-bond donors (Lipinski definition) is 2. The Balaban J connectivity index is 1.24. The summed E-state index contributed by atoms with van der Waals surface area (Å²) in [5, 5.41) is 11.8. The van der Waals surface area contributed by atoms with E-state index < -0.39 is 0 Å². The highest BCUT2D eigenvalue weighted by atomic mass is 35.5. The summed E-state index contributed by atoms with van der Waals surface area (Å²) in [5.74, 6) is 0.252. The van der Waals surface area contributed by atoms with Gasteiger partial charge < -0.3 is 10.1 Å². The number of unbranched alkanes of at least 4 members (excludes halogenated alkanes) is 8. The van der Waals surface area contributed by atoms with Crippen LogP contribution in [0.25, 0.3) is 17.0 Å². The number of aromatic nitrogens is 4. The van der Waals surface area contributed by atoms with Crippen molar-refractivity contribution in [2.45, 2.75) is 142 Å². The summed E-state index contributed by atoms with van der Waals surface area (Å²) in [7, 11) is 0. The minimum atomic E-state index is -0.324.